The van der Waals surface area contributed by atoms with E-state index in [0.717, 1.165) is 20.3 Å². The largest absolute Gasteiger partial charge is 0.480 e. The van der Waals surface area contributed by atoms with Crippen LogP contribution in [0.5, 0.6) is 11.5 Å². The van der Waals surface area contributed by atoms with Gasteiger partial charge in [-0.05, 0) is 43.3 Å². The van der Waals surface area contributed by atoms with E-state index in [1.165, 1.54) is 0 Å². The molecule has 1 atom stereocenters. The predicted octanol–water partition coefficient (Wildman–Crippen LogP) is 4.93. The molecule has 0 bridgehead atoms. The van der Waals surface area contributed by atoms with Crippen LogP contribution in [0.25, 0.3) is 0 Å². The van der Waals surface area contributed by atoms with E-state index in [-0.39, 0.29) is 0 Å². The van der Waals surface area contributed by atoms with Gasteiger partial charge in [0.1, 0.15) is 6.04 Å². The molecule has 0 radical (unpaired) electrons. The summed E-state index contributed by atoms with van der Waals surface area (Å²) in [4.78, 5) is 13.2. The number of nitrogens with zero attached hydrogens (tertiary/aromatic N) is 1. The second-order valence-electron chi connectivity index (χ2n) is 4.71. The number of hydrogen-bond donors (Lipinski definition) is 1. The Balaban J connectivity index is 2.21. The minimum absolute atomic E-state index is 0.628. The summed E-state index contributed by atoms with van der Waals surface area (Å²) in [7, 11) is 0. The average molecular weight is 413 g/mol. The van der Waals surface area contributed by atoms with Crippen LogP contribution in [0.4, 0.5) is 11.4 Å². The fourth-order valence-electron chi connectivity index (χ4n) is 2.31. The highest BCUT2D eigenvalue weighted by Gasteiger charge is 2.31. The third-order valence-electron chi connectivity index (χ3n) is 3.33. The Bertz CT molecular complexity index is 681. The maximum absolute atomic E-state index is 11.5. The maximum Gasteiger partial charge on any atom is 0.326 e. The number of hydrogen-bond acceptors (Lipinski definition) is 3. The van der Waals surface area contributed by atoms with Crippen molar-refractivity contribution in [3.05, 3.63) is 45.3 Å². The number of halogens is 2. The van der Waals surface area contributed by atoms with Crippen LogP contribution < -0.4 is 9.64 Å². The Morgan fingerprint density at radius 2 is 1.57 bits per heavy atom. The van der Waals surface area contributed by atoms with Gasteiger partial charge in [0.15, 0.2) is 11.5 Å². The highest BCUT2D eigenvalue weighted by molar-refractivity contribution is 9.10. The van der Waals surface area contributed by atoms with Crippen LogP contribution in [0.2, 0.25) is 0 Å². The van der Waals surface area contributed by atoms with Gasteiger partial charge in [-0.25, -0.2) is 4.79 Å². The molecular formula is C15H11Br2NO3. The number of rotatable bonds is 2. The highest BCUT2D eigenvalue weighted by Crippen LogP contribution is 2.49. The molecule has 1 unspecified atom stereocenters. The van der Waals surface area contributed by atoms with Crippen molar-refractivity contribution in [1.82, 2.24) is 0 Å². The summed E-state index contributed by atoms with van der Waals surface area (Å²) in [5.41, 5.74) is 1.48. The van der Waals surface area contributed by atoms with E-state index >= 15 is 0 Å². The van der Waals surface area contributed by atoms with Crippen LogP contribution in [0.1, 0.15) is 6.92 Å². The molecular weight excluding hydrogens is 402 g/mol. The van der Waals surface area contributed by atoms with Crippen LogP contribution in [-0.4, -0.2) is 17.1 Å². The number of fused-ring (bicyclic) bond motifs is 2. The van der Waals surface area contributed by atoms with Gasteiger partial charge in [0.05, 0.1) is 11.4 Å². The molecule has 1 N–H and O–H groups in total. The lowest BCUT2D eigenvalue weighted by atomic mass is 10.1. The molecule has 0 fully saturated rings. The number of anilines is 2. The number of carboxylic acid groups (broad SMARTS) is 1. The predicted molar refractivity (Wildman–Crippen MR) is 87.6 cm³/mol. The third-order valence-corrected chi connectivity index (χ3v) is 4.31. The number of aliphatic carboxylic acids is 1. The molecule has 0 amide bonds. The van der Waals surface area contributed by atoms with E-state index < -0.39 is 12.0 Å². The molecule has 108 valence electrons. The fraction of sp³-hybridized carbons (Fsp3) is 0.133. The van der Waals surface area contributed by atoms with Gasteiger partial charge in [-0.15, -0.1) is 0 Å². The maximum atomic E-state index is 11.5. The molecule has 2 aromatic carbocycles. The standard InChI is InChI=1S/C15H11Br2NO3/c1-8(15(19)20)18-11-4-2-9(16)6-13(11)21-14-7-10(17)3-5-12(14)18/h2-8H,1H3,(H,19,20). The molecule has 6 heteroatoms. The third kappa shape index (κ3) is 2.53. The van der Waals surface area contributed by atoms with Gasteiger partial charge in [-0.1, -0.05) is 31.9 Å². The van der Waals surface area contributed by atoms with Gasteiger partial charge in [-0.2, -0.15) is 0 Å². The lowest BCUT2D eigenvalue weighted by Crippen LogP contribution is -2.36. The second kappa shape index (κ2) is 5.35. The minimum Gasteiger partial charge on any atom is -0.480 e. The topological polar surface area (TPSA) is 49.8 Å². The summed E-state index contributed by atoms with van der Waals surface area (Å²) in [5, 5.41) is 9.39. The molecule has 0 aromatic heterocycles. The van der Waals surface area contributed by atoms with Crippen LogP contribution >= 0.6 is 31.9 Å². The van der Waals surface area contributed by atoms with Crippen molar-refractivity contribution >= 4 is 49.2 Å². The molecule has 1 aliphatic rings. The molecule has 0 aliphatic carbocycles. The van der Waals surface area contributed by atoms with Gasteiger partial charge >= 0.3 is 5.97 Å². The second-order valence-corrected chi connectivity index (χ2v) is 6.54. The van der Waals surface area contributed by atoms with Gasteiger partial charge < -0.3 is 14.7 Å². The first-order chi connectivity index (χ1) is 9.97. The highest BCUT2D eigenvalue weighted by atomic mass is 79.9. The molecule has 1 aliphatic heterocycles. The van der Waals surface area contributed by atoms with E-state index in [1.54, 1.807) is 11.8 Å². The van der Waals surface area contributed by atoms with Crippen molar-refractivity contribution in [2.45, 2.75) is 13.0 Å². The van der Waals surface area contributed by atoms with E-state index in [9.17, 15) is 9.90 Å². The Morgan fingerprint density at radius 3 is 2.00 bits per heavy atom. The molecule has 2 aromatic rings. The van der Waals surface area contributed by atoms with E-state index in [1.807, 2.05) is 36.4 Å². The van der Waals surface area contributed by atoms with Crippen LogP contribution in [0.15, 0.2) is 45.3 Å². The summed E-state index contributed by atoms with van der Waals surface area (Å²) >= 11 is 6.81. The van der Waals surface area contributed by atoms with Gasteiger partial charge in [0.25, 0.3) is 0 Å². The lowest BCUT2D eigenvalue weighted by molar-refractivity contribution is -0.138. The first kappa shape index (κ1) is 14.4. The molecule has 21 heavy (non-hydrogen) atoms. The number of carbonyl (C=O) groups is 1. The summed E-state index contributed by atoms with van der Waals surface area (Å²) in [6.07, 6.45) is 0. The number of ether oxygens (including phenoxy) is 1. The quantitative estimate of drug-likeness (QED) is 0.759. The zero-order valence-electron chi connectivity index (χ0n) is 11.0. The Morgan fingerprint density at radius 1 is 1.10 bits per heavy atom. The fourth-order valence-corrected chi connectivity index (χ4v) is 2.99. The molecule has 1 heterocycles. The zero-order valence-corrected chi connectivity index (χ0v) is 14.2. The van der Waals surface area contributed by atoms with Gasteiger partial charge in [0.2, 0.25) is 0 Å². The summed E-state index contributed by atoms with van der Waals surface area (Å²) < 4.78 is 7.66. The first-order valence-electron chi connectivity index (χ1n) is 6.26. The van der Waals surface area contributed by atoms with E-state index in [4.69, 9.17) is 4.74 Å². The Hall–Kier alpha value is -1.53. The van der Waals surface area contributed by atoms with Crippen LogP contribution in [0, 0.1) is 0 Å². The summed E-state index contributed by atoms with van der Waals surface area (Å²) in [5.74, 6) is 0.366. The lowest BCUT2D eigenvalue weighted by Gasteiger charge is -2.35. The van der Waals surface area contributed by atoms with Crippen molar-refractivity contribution < 1.29 is 14.6 Å². The normalized spacial score (nSPS) is 14.0. The smallest absolute Gasteiger partial charge is 0.326 e. The first-order valence-corrected chi connectivity index (χ1v) is 7.85. The Kier molecular flexibility index (Phi) is 3.67. The molecule has 0 saturated heterocycles. The van der Waals surface area contributed by atoms with Gasteiger partial charge in [0, 0.05) is 8.95 Å². The van der Waals surface area contributed by atoms with Crippen molar-refractivity contribution in [3.63, 3.8) is 0 Å². The zero-order chi connectivity index (χ0) is 15.1. The van der Waals surface area contributed by atoms with Crippen molar-refractivity contribution in [2.75, 3.05) is 4.90 Å². The van der Waals surface area contributed by atoms with E-state index in [0.29, 0.717) is 11.5 Å². The minimum atomic E-state index is -0.889. The van der Waals surface area contributed by atoms with Crippen LogP contribution in [-0.2, 0) is 4.79 Å². The number of benzene rings is 2. The summed E-state index contributed by atoms with van der Waals surface area (Å²) in [6.45, 7) is 1.66. The SMILES string of the molecule is CC(C(=O)O)N1c2ccc(Br)cc2Oc2cc(Br)ccc21. The molecule has 3 rings (SSSR count). The Labute approximate surface area is 138 Å². The van der Waals surface area contributed by atoms with Crippen molar-refractivity contribution in [3.8, 4) is 11.5 Å². The van der Waals surface area contributed by atoms with Crippen molar-refractivity contribution in [1.29, 1.82) is 0 Å². The molecule has 0 spiro atoms. The van der Waals surface area contributed by atoms with Gasteiger partial charge in [-0.3, -0.25) is 0 Å². The monoisotopic (exact) mass is 411 g/mol. The van der Waals surface area contributed by atoms with Crippen LogP contribution in [0.3, 0.4) is 0 Å². The number of carboxylic acids is 1. The average Bonchev–Trinajstić information content (AvgIpc) is 2.43. The molecule has 4 nitrogen and oxygen atoms in total. The summed E-state index contributed by atoms with van der Waals surface area (Å²) in [6, 6.07) is 10.4. The molecule has 0 saturated carbocycles. The van der Waals surface area contributed by atoms with E-state index in [2.05, 4.69) is 31.9 Å². The van der Waals surface area contributed by atoms with Crippen molar-refractivity contribution in [2.24, 2.45) is 0 Å².